The molecular formula is C19H17BrN4O. The van der Waals surface area contributed by atoms with E-state index in [1.807, 2.05) is 61.6 Å². The maximum Gasteiger partial charge on any atom is 0.224 e. The average molecular weight is 397 g/mol. The molecule has 0 N–H and O–H groups in total. The van der Waals surface area contributed by atoms with Crippen LogP contribution < -0.4 is 0 Å². The summed E-state index contributed by atoms with van der Waals surface area (Å²) in [4.78, 5) is 15.3. The van der Waals surface area contributed by atoms with Crippen LogP contribution in [-0.4, -0.2) is 32.8 Å². The second kappa shape index (κ2) is 6.44. The lowest BCUT2D eigenvalue weighted by Gasteiger charge is -2.18. The van der Waals surface area contributed by atoms with Crippen molar-refractivity contribution in [2.24, 2.45) is 0 Å². The molecule has 1 atom stereocenters. The number of amides is 1. The number of carbonyl (C=O) groups excluding carboxylic acids is 1. The SMILES string of the molecule is CN1C(=O)CCC1n1nc(-c2ccccc2)c(-c2ccccc2Br)n1. The number of aromatic nitrogens is 3. The van der Waals surface area contributed by atoms with E-state index in [1.54, 1.807) is 9.70 Å². The zero-order valence-corrected chi connectivity index (χ0v) is 15.3. The summed E-state index contributed by atoms with van der Waals surface area (Å²) in [6.45, 7) is 0. The van der Waals surface area contributed by atoms with Gasteiger partial charge in [0.05, 0.1) is 0 Å². The second-order valence-corrected chi connectivity index (χ2v) is 6.94. The van der Waals surface area contributed by atoms with Crippen molar-refractivity contribution >= 4 is 21.8 Å². The molecule has 0 saturated carbocycles. The van der Waals surface area contributed by atoms with Gasteiger partial charge >= 0.3 is 0 Å². The summed E-state index contributed by atoms with van der Waals surface area (Å²) in [6.07, 6.45) is 1.13. The van der Waals surface area contributed by atoms with Crippen LogP contribution in [0.15, 0.2) is 59.1 Å². The van der Waals surface area contributed by atoms with Gasteiger partial charge in [0.1, 0.15) is 17.6 Å². The number of halogens is 1. The highest BCUT2D eigenvalue weighted by molar-refractivity contribution is 9.10. The van der Waals surface area contributed by atoms with E-state index < -0.39 is 0 Å². The first-order valence-corrected chi connectivity index (χ1v) is 8.97. The number of carbonyl (C=O) groups is 1. The van der Waals surface area contributed by atoms with Crippen LogP contribution in [0.5, 0.6) is 0 Å². The molecule has 6 heteroatoms. The van der Waals surface area contributed by atoms with E-state index in [-0.39, 0.29) is 12.1 Å². The Morgan fingerprint density at radius 2 is 1.68 bits per heavy atom. The molecule has 25 heavy (non-hydrogen) atoms. The van der Waals surface area contributed by atoms with Gasteiger partial charge in [-0.25, -0.2) is 0 Å². The van der Waals surface area contributed by atoms with Crippen LogP contribution in [0.25, 0.3) is 22.5 Å². The zero-order chi connectivity index (χ0) is 17.4. The molecule has 0 bridgehead atoms. The lowest BCUT2D eigenvalue weighted by atomic mass is 10.1. The minimum absolute atomic E-state index is 0.131. The van der Waals surface area contributed by atoms with Crippen molar-refractivity contribution in [2.45, 2.75) is 19.0 Å². The summed E-state index contributed by atoms with van der Waals surface area (Å²) in [7, 11) is 1.81. The van der Waals surface area contributed by atoms with Gasteiger partial charge in [-0.2, -0.15) is 15.0 Å². The summed E-state index contributed by atoms with van der Waals surface area (Å²) in [6, 6.07) is 18.0. The van der Waals surface area contributed by atoms with Crippen LogP contribution in [0.3, 0.4) is 0 Å². The van der Waals surface area contributed by atoms with Crippen molar-refractivity contribution in [2.75, 3.05) is 7.05 Å². The van der Waals surface area contributed by atoms with E-state index in [2.05, 4.69) is 15.9 Å². The predicted octanol–water partition coefficient (Wildman–Crippen LogP) is 4.13. The van der Waals surface area contributed by atoms with Gasteiger partial charge in [0, 0.05) is 29.1 Å². The Kier molecular flexibility index (Phi) is 4.13. The van der Waals surface area contributed by atoms with Crippen molar-refractivity contribution in [3.05, 3.63) is 59.1 Å². The smallest absolute Gasteiger partial charge is 0.224 e. The number of likely N-dealkylation sites (tertiary alicyclic amines) is 1. The van der Waals surface area contributed by atoms with Gasteiger partial charge in [0.2, 0.25) is 5.91 Å². The van der Waals surface area contributed by atoms with Gasteiger partial charge in [0.15, 0.2) is 0 Å². The van der Waals surface area contributed by atoms with Gasteiger partial charge in [-0.05, 0) is 12.5 Å². The van der Waals surface area contributed by atoms with Gasteiger partial charge in [-0.15, -0.1) is 0 Å². The zero-order valence-electron chi connectivity index (χ0n) is 13.8. The number of hydrogen-bond donors (Lipinski definition) is 0. The van der Waals surface area contributed by atoms with Crippen LogP contribution >= 0.6 is 15.9 Å². The number of nitrogens with zero attached hydrogens (tertiary/aromatic N) is 4. The van der Waals surface area contributed by atoms with Crippen molar-refractivity contribution < 1.29 is 4.79 Å². The van der Waals surface area contributed by atoms with Crippen LogP contribution in [0.2, 0.25) is 0 Å². The molecular weight excluding hydrogens is 380 g/mol. The fraction of sp³-hybridized carbons (Fsp3) is 0.211. The fourth-order valence-corrected chi connectivity index (χ4v) is 3.61. The molecule has 126 valence electrons. The molecule has 4 rings (SSSR count). The average Bonchev–Trinajstić information content (AvgIpc) is 3.21. The van der Waals surface area contributed by atoms with E-state index in [0.717, 1.165) is 33.4 Å². The van der Waals surface area contributed by atoms with Crippen LogP contribution in [0.1, 0.15) is 19.0 Å². The van der Waals surface area contributed by atoms with Gasteiger partial charge < -0.3 is 4.90 Å². The first-order chi connectivity index (χ1) is 12.1. The maximum atomic E-state index is 11.9. The quantitative estimate of drug-likeness (QED) is 0.668. The van der Waals surface area contributed by atoms with E-state index in [4.69, 9.17) is 10.2 Å². The Labute approximate surface area is 154 Å². The first kappa shape index (κ1) is 16.0. The fourth-order valence-electron chi connectivity index (χ4n) is 3.14. The molecule has 1 fully saturated rings. The third-order valence-corrected chi connectivity index (χ3v) is 5.22. The van der Waals surface area contributed by atoms with Crippen molar-refractivity contribution in [3.8, 4) is 22.5 Å². The molecule has 1 saturated heterocycles. The monoisotopic (exact) mass is 396 g/mol. The Bertz CT molecular complexity index is 922. The normalized spacial score (nSPS) is 17.3. The Hall–Kier alpha value is -2.47. The van der Waals surface area contributed by atoms with Crippen LogP contribution in [0, 0.1) is 0 Å². The lowest BCUT2D eigenvalue weighted by molar-refractivity contribution is -0.128. The van der Waals surface area contributed by atoms with Crippen LogP contribution in [0.4, 0.5) is 0 Å². The molecule has 0 aliphatic carbocycles. The summed E-state index contributed by atoms with van der Waals surface area (Å²) in [5.41, 5.74) is 3.62. The maximum absolute atomic E-state index is 11.9. The highest BCUT2D eigenvalue weighted by Crippen LogP contribution is 2.35. The molecule has 2 heterocycles. The molecule has 2 aromatic carbocycles. The summed E-state index contributed by atoms with van der Waals surface area (Å²) in [5, 5.41) is 9.52. The molecule has 5 nitrogen and oxygen atoms in total. The third kappa shape index (κ3) is 2.87. The van der Waals surface area contributed by atoms with Gasteiger partial charge in [0.25, 0.3) is 0 Å². The molecule has 1 aromatic heterocycles. The first-order valence-electron chi connectivity index (χ1n) is 8.18. The minimum atomic E-state index is -0.133. The largest absolute Gasteiger partial charge is 0.322 e. The molecule has 1 unspecified atom stereocenters. The molecule has 1 aliphatic heterocycles. The number of benzene rings is 2. The molecule has 0 radical (unpaired) electrons. The molecule has 3 aromatic rings. The van der Waals surface area contributed by atoms with E-state index in [1.165, 1.54) is 0 Å². The van der Waals surface area contributed by atoms with Gasteiger partial charge in [-0.3, -0.25) is 4.79 Å². The Morgan fingerprint density at radius 3 is 2.36 bits per heavy atom. The van der Waals surface area contributed by atoms with Crippen molar-refractivity contribution in [1.29, 1.82) is 0 Å². The lowest BCUT2D eigenvalue weighted by Crippen LogP contribution is -2.28. The standard InChI is InChI=1S/C19H17BrN4O/c1-23-16(11-12-17(23)25)24-21-18(13-7-3-2-4-8-13)19(22-24)14-9-5-6-10-15(14)20/h2-10,16H,11-12H2,1H3. The molecule has 0 spiro atoms. The topological polar surface area (TPSA) is 51.0 Å². The highest BCUT2D eigenvalue weighted by atomic mass is 79.9. The predicted molar refractivity (Wildman–Crippen MR) is 99.6 cm³/mol. The summed E-state index contributed by atoms with van der Waals surface area (Å²) in [5.74, 6) is 0.131. The third-order valence-electron chi connectivity index (χ3n) is 4.53. The summed E-state index contributed by atoms with van der Waals surface area (Å²) >= 11 is 3.61. The molecule has 1 aliphatic rings. The minimum Gasteiger partial charge on any atom is -0.322 e. The highest BCUT2D eigenvalue weighted by Gasteiger charge is 2.31. The van der Waals surface area contributed by atoms with Crippen molar-refractivity contribution in [1.82, 2.24) is 19.9 Å². The Balaban J connectivity index is 1.87. The van der Waals surface area contributed by atoms with E-state index in [9.17, 15) is 4.79 Å². The Morgan fingerprint density at radius 1 is 1.00 bits per heavy atom. The summed E-state index contributed by atoms with van der Waals surface area (Å²) < 4.78 is 0.968. The van der Waals surface area contributed by atoms with E-state index in [0.29, 0.717) is 6.42 Å². The van der Waals surface area contributed by atoms with Crippen LogP contribution in [-0.2, 0) is 4.79 Å². The van der Waals surface area contributed by atoms with Gasteiger partial charge in [-0.1, -0.05) is 64.5 Å². The number of hydrogen-bond acceptors (Lipinski definition) is 3. The number of rotatable bonds is 3. The van der Waals surface area contributed by atoms with Crippen molar-refractivity contribution in [3.63, 3.8) is 0 Å². The molecule has 1 amide bonds. The second-order valence-electron chi connectivity index (χ2n) is 6.09. The van der Waals surface area contributed by atoms with E-state index >= 15 is 0 Å².